The van der Waals surface area contributed by atoms with Crippen LogP contribution in [0.5, 0.6) is 0 Å². The summed E-state index contributed by atoms with van der Waals surface area (Å²) in [5.41, 5.74) is 3.21. The Bertz CT molecular complexity index is 1160. The molecule has 1 aliphatic rings. The van der Waals surface area contributed by atoms with E-state index in [0.717, 1.165) is 19.3 Å². The molecule has 0 spiro atoms. The van der Waals surface area contributed by atoms with Gasteiger partial charge in [-0.25, -0.2) is 4.68 Å². The van der Waals surface area contributed by atoms with Gasteiger partial charge in [0.15, 0.2) is 16.5 Å². The molecule has 2 aromatic heterocycles. The molecule has 168 valence electrons. The van der Waals surface area contributed by atoms with Gasteiger partial charge in [-0.15, -0.1) is 0 Å². The number of aromatic nitrogens is 3. The van der Waals surface area contributed by atoms with Crippen LogP contribution in [0.3, 0.4) is 0 Å². The zero-order valence-corrected chi connectivity index (χ0v) is 19.4. The summed E-state index contributed by atoms with van der Waals surface area (Å²) in [4.78, 5) is 32.4. The van der Waals surface area contributed by atoms with Crippen LogP contribution >= 0.6 is 11.3 Å². The molecule has 3 heterocycles. The number of allylic oxidation sites excluding steroid dienone is 1. The van der Waals surface area contributed by atoms with Gasteiger partial charge in [-0.05, 0) is 43.9 Å². The molecular weight excluding hydrogens is 426 g/mol. The van der Waals surface area contributed by atoms with E-state index < -0.39 is 0 Å². The van der Waals surface area contributed by atoms with Gasteiger partial charge >= 0.3 is 0 Å². The van der Waals surface area contributed by atoms with Crippen molar-refractivity contribution in [3.8, 4) is 0 Å². The number of thiazole rings is 1. The zero-order chi connectivity index (χ0) is 22.8. The van der Waals surface area contributed by atoms with Crippen LogP contribution in [-0.4, -0.2) is 57.8 Å². The standard InChI is InChI=1S/C23H27N5O3S/c1-5-15-8-10-16(11-9-15)21(29)25-23-24-20-19(32-23)18(26-28(20)14(2)3)22(30)27-12-6-7-17(27)13-31-4/h8-11,17H,2,5-7,12-13H2,1,3-4H3,(H,24,25,29)/t17-/m0/s1. The maximum atomic E-state index is 13.4. The number of likely N-dealkylation sites (tertiary alicyclic amines) is 1. The van der Waals surface area contributed by atoms with E-state index in [9.17, 15) is 9.59 Å². The van der Waals surface area contributed by atoms with E-state index in [1.165, 1.54) is 16.9 Å². The SMILES string of the molecule is C=C(C)n1nc(C(=O)N2CCC[C@H]2COC)c2sc(NC(=O)c3ccc(CC)cc3)nc21. The Balaban J connectivity index is 1.64. The summed E-state index contributed by atoms with van der Waals surface area (Å²) in [6, 6.07) is 7.52. The van der Waals surface area contributed by atoms with Crippen LogP contribution in [0.15, 0.2) is 30.8 Å². The van der Waals surface area contributed by atoms with Crippen molar-refractivity contribution in [1.29, 1.82) is 0 Å². The first-order valence-electron chi connectivity index (χ1n) is 10.7. The average Bonchev–Trinajstić information content (AvgIpc) is 3.48. The summed E-state index contributed by atoms with van der Waals surface area (Å²) < 4.78 is 7.48. The highest BCUT2D eigenvalue weighted by Gasteiger charge is 2.33. The molecule has 0 unspecified atom stereocenters. The number of hydrogen-bond donors (Lipinski definition) is 1. The molecule has 0 saturated carbocycles. The smallest absolute Gasteiger partial charge is 0.276 e. The Morgan fingerprint density at radius 1 is 1.31 bits per heavy atom. The van der Waals surface area contributed by atoms with Gasteiger partial charge in [-0.1, -0.05) is 37.0 Å². The Labute approximate surface area is 190 Å². The molecule has 1 atom stereocenters. The third kappa shape index (κ3) is 4.18. The van der Waals surface area contributed by atoms with Crippen molar-refractivity contribution in [2.45, 2.75) is 39.2 Å². The quantitative estimate of drug-likeness (QED) is 0.583. The number of fused-ring (bicyclic) bond motifs is 1. The lowest BCUT2D eigenvalue weighted by Gasteiger charge is -2.23. The van der Waals surface area contributed by atoms with Gasteiger partial charge in [0.1, 0.15) is 4.70 Å². The summed E-state index contributed by atoms with van der Waals surface area (Å²) in [7, 11) is 1.64. The largest absolute Gasteiger partial charge is 0.383 e. The number of anilines is 1. The molecule has 0 radical (unpaired) electrons. The van der Waals surface area contributed by atoms with Crippen molar-refractivity contribution >= 4 is 44.3 Å². The number of methoxy groups -OCH3 is 1. The highest BCUT2D eigenvalue weighted by atomic mass is 32.1. The Hall–Kier alpha value is -3.04. The molecule has 0 bridgehead atoms. The molecule has 4 rings (SSSR count). The van der Waals surface area contributed by atoms with E-state index in [1.807, 2.05) is 17.0 Å². The number of ether oxygens (including phenoxy) is 1. The first-order chi connectivity index (χ1) is 15.4. The van der Waals surface area contributed by atoms with Gasteiger partial charge in [-0.3, -0.25) is 14.9 Å². The first kappa shape index (κ1) is 22.2. The van der Waals surface area contributed by atoms with E-state index in [1.54, 1.807) is 30.8 Å². The normalized spacial score (nSPS) is 16.0. The summed E-state index contributed by atoms with van der Waals surface area (Å²) in [6.45, 7) is 9.00. The molecule has 1 fully saturated rings. The predicted octanol–water partition coefficient (Wildman–Crippen LogP) is 4.05. The molecule has 1 N–H and O–H groups in total. The van der Waals surface area contributed by atoms with E-state index in [2.05, 4.69) is 28.9 Å². The monoisotopic (exact) mass is 453 g/mol. The Morgan fingerprint density at radius 3 is 2.72 bits per heavy atom. The fourth-order valence-corrected chi connectivity index (χ4v) is 4.85. The lowest BCUT2D eigenvalue weighted by molar-refractivity contribution is 0.0626. The second-order valence-corrected chi connectivity index (χ2v) is 8.92. The van der Waals surface area contributed by atoms with E-state index >= 15 is 0 Å². The maximum absolute atomic E-state index is 13.4. The summed E-state index contributed by atoms with van der Waals surface area (Å²) in [5.74, 6) is -0.391. The highest BCUT2D eigenvalue weighted by molar-refractivity contribution is 7.22. The van der Waals surface area contributed by atoms with Crippen molar-refractivity contribution in [3.63, 3.8) is 0 Å². The molecule has 1 aromatic carbocycles. The van der Waals surface area contributed by atoms with E-state index in [-0.39, 0.29) is 17.9 Å². The summed E-state index contributed by atoms with van der Waals surface area (Å²) in [5, 5.41) is 7.78. The second kappa shape index (κ2) is 9.22. The van der Waals surface area contributed by atoms with Crippen LogP contribution in [0, 0.1) is 0 Å². The van der Waals surface area contributed by atoms with Crippen LogP contribution in [-0.2, 0) is 11.2 Å². The third-order valence-electron chi connectivity index (χ3n) is 5.63. The fraction of sp³-hybridized carbons (Fsp3) is 0.391. The molecule has 0 aliphatic carbocycles. The van der Waals surface area contributed by atoms with Crippen molar-refractivity contribution in [1.82, 2.24) is 19.7 Å². The highest BCUT2D eigenvalue weighted by Crippen LogP contribution is 2.32. The number of nitrogens with one attached hydrogen (secondary N) is 1. The zero-order valence-electron chi connectivity index (χ0n) is 18.6. The van der Waals surface area contributed by atoms with Gasteiger partial charge in [0.2, 0.25) is 0 Å². The van der Waals surface area contributed by atoms with Crippen molar-refractivity contribution in [2.75, 3.05) is 25.6 Å². The van der Waals surface area contributed by atoms with Crippen molar-refractivity contribution < 1.29 is 14.3 Å². The minimum absolute atomic E-state index is 0.0377. The van der Waals surface area contributed by atoms with Gasteiger partial charge in [0.25, 0.3) is 11.8 Å². The molecule has 3 aromatic rings. The number of nitrogens with zero attached hydrogens (tertiary/aromatic N) is 4. The van der Waals surface area contributed by atoms with Gasteiger partial charge < -0.3 is 9.64 Å². The fourth-order valence-electron chi connectivity index (χ4n) is 3.93. The lowest BCUT2D eigenvalue weighted by atomic mass is 10.1. The Kier molecular flexibility index (Phi) is 6.38. The van der Waals surface area contributed by atoms with Crippen LogP contribution in [0.1, 0.15) is 53.1 Å². The first-order valence-corrected chi connectivity index (χ1v) is 11.5. The minimum atomic E-state index is -0.244. The second-order valence-electron chi connectivity index (χ2n) is 7.92. The van der Waals surface area contributed by atoms with Crippen LogP contribution < -0.4 is 5.32 Å². The average molecular weight is 454 g/mol. The van der Waals surface area contributed by atoms with Gasteiger partial charge in [0, 0.05) is 24.9 Å². The number of carbonyl (C=O) groups is 2. The van der Waals surface area contributed by atoms with E-state index in [0.29, 0.717) is 45.6 Å². The number of aryl methyl sites for hydroxylation is 1. The summed E-state index contributed by atoms with van der Waals surface area (Å²) >= 11 is 1.25. The lowest BCUT2D eigenvalue weighted by Crippen LogP contribution is -2.38. The van der Waals surface area contributed by atoms with Gasteiger partial charge in [-0.2, -0.15) is 10.1 Å². The van der Waals surface area contributed by atoms with Crippen LogP contribution in [0.4, 0.5) is 5.13 Å². The predicted molar refractivity (Wildman–Crippen MR) is 126 cm³/mol. The molecular formula is C23H27N5O3S. The number of hydrogen-bond acceptors (Lipinski definition) is 6. The third-order valence-corrected chi connectivity index (χ3v) is 6.60. The Morgan fingerprint density at radius 2 is 2.06 bits per heavy atom. The molecule has 8 nitrogen and oxygen atoms in total. The van der Waals surface area contributed by atoms with E-state index in [4.69, 9.17) is 4.74 Å². The van der Waals surface area contributed by atoms with Gasteiger partial charge in [0.05, 0.1) is 12.6 Å². The molecule has 1 aliphatic heterocycles. The molecule has 32 heavy (non-hydrogen) atoms. The number of carbonyl (C=O) groups excluding carboxylic acids is 2. The topological polar surface area (TPSA) is 89.4 Å². The number of benzene rings is 1. The number of amides is 2. The minimum Gasteiger partial charge on any atom is -0.383 e. The molecule has 9 heteroatoms. The summed E-state index contributed by atoms with van der Waals surface area (Å²) in [6.07, 6.45) is 2.76. The molecule has 2 amide bonds. The maximum Gasteiger partial charge on any atom is 0.276 e. The van der Waals surface area contributed by atoms with Crippen LogP contribution in [0.25, 0.3) is 16.0 Å². The molecule has 1 saturated heterocycles. The van der Waals surface area contributed by atoms with Crippen LogP contribution in [0.2, 0.25) is 0 Å². The number of rotatable bonds is 7. The van der Waals surface area contributed by atoms with Crippen molar-refractivity contribution in [3.05, 3.63) is 47.7 Å². The van der Waals surface area contributed by atoms with Crippen molar-refractivity contribution in [2.24, 2.45) is 0 Å².